The molecule has 1 aromatic carbocycles. The maximum absolute atomic E-state index is 10.7. The average molecular weight is 329 g/mol. The third kappa shape index (κ3) is 3.82. The van der Waals surface area contributed by atoms with Gasteiger partial charge in [0.25, 0.3) is 0 Å². The van der Waals surface area contributed by atoms with Crippen LogP contribution in [0.3, 0.4) is 0 Å². The first-order chi connectivity index (χ1) is 8.15. The number of benzene rings is 1. The molecule has 94 valence electrons. The Kier molecular flexibility index (Phi) is 5.31. The topological polar surface area (TPSA) is 41.2 Å². The van der Waals surface area contributed by atoms with E-state index in [9.17, 15) is 4.79 Å². The summed E-state index contributed by atoms with van der Waals surface area (Å²) in [6, 6.07) is 10.5. The van der Waals surface area contributed by atoms with Crippen molar-refractivity contribution < 1.29 is 31.4 Å². The lowest BCUT2D eigenvalue weighted by Gasteiger charge is -1.99. The van der Waals surface area contributed by atoms with E-state index in [1.165, 1.54) is 0 Å². The molecule has 0 aliphatic heterocycles. The molecule has 0 saturated heterocycles. The van der Waals surface area contributed by atoms with E-state index in [0.717, 1.165) is 5.56 Å². The number of nitrogens with zero attached hydrogens (tertiary/aromatic N) is 1. The van der Waals surface area contributed by atoms with E-state index in [0.29, 0.717) is 17.1 Å². The van der Waals surface area contributed by atoms with Crippen molar-refractivity contribution in [2.75, 3.05) is 0 Å². The number of hydrogen-bond donors (Lipinski definition) is 1. The predicted molar refractivity (Wildman–Crippen MR) is 64.2 cm³/mol. The summed E-state index contributed by atoms with van der Waals surface area (Å²) in [6.07, 6.45) is 3.76. The number of carbonyl (C=O) groups is 1. The van der Waals surface area contributed by atoms with Crippen molar-refractivity contribution in [1.29, 1.82) is 0 Å². The van der Waals surface area contributed by atoms with Crippen LogP contribution in [0.5, 0.6) is 0 Å². The first-order valence-electron chi connectivity index (χ1n) is 5.12. The van der Waals surface area contributed by atoms with E-state index in [2.05, 4.69) is 0 Å². The van der Waals surface area contributed by atoms with Crippen LogP contribution in [-0.4, -0.2) is 11.1 Å². The highest BCUT2D eigenvalue weighted by atomic mass is 79.9. The van der Waals surface area contributed by atoms with Crippen molar-refractivity contribution in [2.45, 2.75) is 6.54 Å². The molecule has 2 aromatic rings. The van der Waals surface area contributed by atoms with Crippen molar-refractivity contribution in [3.05, 3.63) is 64.9 Å². The van der Waals surface area contributed by atoms with Gasteiger partial charge in [0.15, 0.2) is 18.9 Å². The summed E-state index contributed by atoms with van der Waals surface area (Å²) in [5, 5.41) is 9.47. The van der Waals surface area contributed by atoms with E-state index >= 15 is 0 Å². The maximum Gasteiger partial charge on any atom is 0.335 e. The standard InChI is InChI=1S/C13H10ClNO2.BrH/c14-12-5-7-15(8-6-12)9-10-1-3-11(4-2-10)13(16)17;/h1-8H,9H2;1H. The molecule has 1 aromatic heterocycles. The third-order valence-electron chi connectivity index (χ3n) is 2.42. The monoisotopic (exact) mass is 327 g/mol. The summed E-state index contributed by atoms with van der Waals surface area (Å²) in [4.78, 5) is 10.7. The van der Waals surface area contributed by atoms with Crippen molar-refractivity contribution in [3.8, 4) is 0 Å². The van der Waals surface area contributed by atoms with Crippen molar-refractivity contribution in [2.24, 2.45) is 0 Å². The summed E-state index contributed by atoms with van der Waals surface area (Å²) in [7, 11) is 0. The third-order valence-corrected chi connectivity index (χ3v) is 2.67. The summed E-state index contributed by atoms with van der Waals surface area (Å²) >= 11 is 5.79. The molecule has 0 radical (unpaired) electrons. The number of halogens is 2. The fourth-order valence-corrected chi connectivity index (χ4v) is 1.62. The highest BCUT2D eigenvalue weighted by Gasteiger charge is 2.05. The van der Waals surface area contributed by atoms with Gasteiger partial charge in [0.05, 0.1) is 10.6 Å². The van der Waals surface area contributed by atoms with Crippen LogP contribution < -0.4 is 21.5 Å². The fraction of sp³-hybridized carbons (Fsp3) is 0.0769. The van der Waals surface area contributed by atoms with E-state index < -0.39 is 5.97 Å². The minimum atomic E-state index is -0.907. The van der Waals surface area contributed by atoms with E-state index in [-0.39, 0.29) is 17.0 Å². The van der Waals surface area contributed by atoms with Crippen molar-refractivity contribution >= 4 is 17.6 Å². The normalized spacial score (nSPS) is 9.61. The van der Waals surface area contributed by atoms with Crippen LogP contribution in [0.15, 0.2) is 48.8 Å². The molecule has 0 saturated carbocycles. The lowest BCUT2D eigenvalue weighted by Crippen LogP contribution is -3.00. The first kappa shape index (κ1) is 14.7. The van der Waals surface area contributed by atoms with E-state index in [1.54, 1.807) is 12.1 Å². The van der Waals surface area contributed by atoms with Crippen LogP contribution in [0.1, 0.15) is 15.9 Å². The van der Waals surface area contributed by atoms with Crippen LogP contribution >= 0.6 is 11.6 Å². The smallest absolute Gasteiger partial charge is 0.335 e. The fourth-order valence-electron chi connectivity index (χ4n) is 1.51. The molecule has 0 unspecified atom stereocenters. The van der Waals surface area contributed by atoms with Crippen LogP contribution in [0.25, 0.3) is 0 Å². The van der Waals surface area contributed by atoms with E-state index in [4.69, 9.17) is 16.7 Å². The lowest BCUT2D eigenvalue weighted by molar-refractivity contribution is -0.688. The molecule has 18 heavy (non-hydrogen) atoms. The molecule has 3 nitrogen and oxygen atoms in total. The van der Waals surface area contributed by atoms with E-state index in [1.807, 2.05) is 41.2 Å². The van der Waals surface area contributed by atoms with Gasteiger partial charge in [0.2, 0.25) is 0 Å². The number of aromatic carboxylic acids is 1. The Morgan fingerprint density at radius 1 is 1.11 bits per heavy atom. The second kappa shape index (κ2) is 6.52. The second-order valence-electron chi connectivity index (χ2n) is 3.69. The van der Waals surface area contributed by atoms with Gasteiger partial charge in [-0.25, -0.2) is 9.36 Å². The minimum absolute atomic E-state index is 0. The molecule has 1 heterocycles. The summed E-state index contributed by atoms with van der Waals surface area (Å²) in [5.74, 6) is -0.907. The number of pyridine rings is 1. The van der Waals surface area contributed by atoms with Crippen LogP contribution in [0.2, 0.25) is 5.02 Å². The average Bonchev–Trinajstić information content (AvgIpc) is 2.33. The molecular weight excluding hydrogens is 318 g/mol. The molecule has 5 heteroatoms. The Bertz CT molecular complexity index is 526. The zero-order valence-electron chi connectivity index (χ0n) is 9.38. The van der Waals surface area contributed by atoms with Crippen LogP contribution in [0, 0.1) is 0 Å². The summed E-state index contributed by atoms with van der Waals surface area (Å²) in [5.41, 5.74) is 1.34. The molecule has 0 aliphatic carbocycles. The maximum atomic E-state index is 10.7. The number of rotatable bonds is 3. The lowest BCUT2D eigenvalue weighted by atomic mass is 10.1. The Hall–Kier alpha value is -1.39. The molecule has 0 fully saturated rings. The van der Waals surface area contributed by atoms with Crippen LogP contribution in [-0.2, 0) is 6.54 Å². The Balaban J connectivity index is 0.00000162. The molecule has 0 atom stereocenters. The largest absolute Gasteiger partial charge is 1.00 e. The van der Waals surface area contributed by atoms with Gasteiger partial charge < -0.3 is 22.1 Å². The number of aromatic nitrogens is 1. The Labute approximate surface area is 120 Å². The number of carboxylic acid groups (broad SMARTS) is 1. The van der Waals surface area contributed by atoms with Gasteiger partial charge >= 0.3 is 5.97 Å². The number of carboxylic acids is 1. The van der Waals surface area contributed by atoms with Gasteiger partial charge in [-0.15, -0.1) is 0 Å². The van der Waals surface area contributed by atoms with Gasteiger partial charge in [0, 0.05) is 17.7 Å². The Morgan fingerprint density at radius 3 is 2.17 bits per heavy atom. The van der Waals surface area contributed by atoms with Gasteiger partial charge in [-0.1, -0.05) is 23.7 Å². The zero-order chi connectivity index (χ0) is 12.3. The molecule has 0 bridgehead atoms. The van der Waals surface area contributed by atoms with Gasteiger partial charge in [-0.3, -0.25) is 0 Å². The SMILES string of the molecule is O=C(O)c1ccc(C[n+]2ccc(Cl)cc2)cc1.[Br-]. The highest BCUT2D eigenvalue weighted by molar-refractivity contribution is 6.30. The van der Waals surface area contributed by atoms with Gasteiger partial charge in [0.1, 0.15) is 0 Å². The minimum Gasteiger partial charge on any atom is -1.00 e. The second-order valence-corrected chi connectivity index (χ2v) is 4.13. The molecule has 0 aliphatic rings. The van der Waals surface area contributed by atoms with Crippen molar-refractivity contribution in [3.63, 3.8) is 0 Å². The molecule has 1 N–H and O–H groups in total. The first-order valence-corrected chi connectivity index (χ1v) is 5.50. The quantitative estimate of drug-likeness (QED) is 0.763. The van der Waals surface area contributed by atoms with Crippen LogP contribution in [0.4, 0.5) is 0 Å². The van der Waals surface area contributed by atoms with Gasteiger partial charge in [-0.2, -0.15) is 0 Å². The molecular formula is C13H11BrClNO2. The van der Waals surface area contributed by atoms with Gasteiger partial charge in [-0.05, 0) is 12.1 Å². The summed E-state index contributed by atoms with van der Waals surface area (Å²) < 4.78 is 1.97. The highest BCUT2D eigenvalue weighted by Crippen LogP contribution is 2.05. The molecule has 0 amide bonds. The summed E-state index contributed by atoms with van der Waals surface area (Å²) in [6.45, 7) is 0.692. The molecule has 0 spiro atoms. The zero-order valence-corrected chi connectivity index (χ0v) is 11.7. The number of hydrogen-bond acceptors (Lipinski definition) is 1. The predicted octanol–water partition coefficient (Wildman–Crippen LogP) is -0.622. The van der Waals surface area contributed by atoms with Crippen molar-refractivity contribution in [1.82, 2.24) is 0 Å². The Morgan fingerprint density at radius 2 is 1.67 bits per heavy atom. The molecule has 2 rings (SSSR count).